The van der Waals surface area contributed by atoms with Crippen molar-refractivity contribution in [2.24, 2.45) is 5.92 Å². The number of hydrogen-bond donors (Lipinski definition) is 0. The van der Waals surface area contributed by atoms with Crippen molar-refractivity contribution in [1.82, 2.24) is 9.47 Å². The number of hydrogen-bond acceptors (Lipinski definition) is 3. The summed E-state index contributed by atoms with van der Waals surface area (Å²) in [6, 6.07) is 8.06. The molecule has 0 saturated carbocycles. The van der Waals surface area contributed by atoms with Gasteiger partial charge in [-0.05, 0) is 63.9 Å². The molecule has 6 heteroatoms. The Morgan fingerprint density at radius 3 is 2.59 bits per heavy atom. The molecule has 1 unspecified atom stereocenters. The molecule has 27 heavy (non-hydrogen) atoms. The largest absolute Gasteiger partial charge is 0.466 e. The Hall–Kier alpha value is -2.63. The lowest BCUT2D eigenvalue weighted by molar-refractivity contribution is -0.149. The van der Waals surface area contributed by atoms with Crippen LogP contribution in [0.25, 0.3) is 5.69 Å². The highest BCUT2D eigenvalue weighted by atomic mass is 19.1. The monoisotopic (exact) mass is 372 g/mol. The lowest BCUT2D eigenvalue weighted by atomic mass is 9.97. The highest BCUT2D eigenvalue weighted by Crippen LogP contribution is 2.25. The van der Waals surface area contributed by atoms with Crippen molar-refractivity contribution in [3.05, 3.63) is 53.1 Å². The Labute approximate surface area is 158 Å². The molecule has 0 aliphatic carbocycles. The number of ether oxygens (including phenoxy) is 1. The van der Waals surface area contributed by atoms with Crippen molar-refractivity contribution in [3.8, 4) is 5.69 Å². The molecule has 0 spiro atoms. The molecule has 1 aromatic heterocycles. The van der Waals surface area contributed by atoms with Crippen molar-refractivity contribution < 1.29 is 18.7 Å². The maximum absolute atomic E-state index is 13.2. The number of piperidine rings is 1. The van der Waals surface area contributed by atoms with E-state index in [1.54, 1.807) is 24.0 Å². The summed E-state index contributed by atoms with van der Waals surface area (Å²) in [6.45, 7) is 6.96. The van der Waals surface area contributed by atoms with Gasteiger partial charge in [-0.25, -0.2) is 4.39 Å². The number of aryl methyl sites for hydroxylation is 1. The van der Waals surface area contributed by atoms with Crippen LogP contribution in [0.1, 0.15) is 41.5 Å². The molecule has 1 aliphatic rings. The van der Waals surface area contributed by atoms with Crippen molar-refractivity contribution in [1.29, 1.82) is 0 Å². The first-order valence-electron chi connectivity index (χ1n) is 9.33. The smallest absolute Gasteiger partial charge is 0.310 e. The number of rotatable bonds is 4. The molecule has 144 valence electrons. The molecule has 2 heterocycles. The molecule has 1 amide bonds. The van der Waals surface area contributed by atoms with Gasteiger partial charge in [0, 0.05) is 30.2 Å². The average Bonchev–Trinajstić information content (AvgIpc) is 2.96. The number of halogens is 1. The molecule has 2 aromatic rings. The van der Waals surface area contributed by atoms with Gasteiger partial charge in [-0.3, -0.25) is 9.59 Å². The van der Waals surface area contributed by atoms with Crippen LogP contribution in [-0.2, 0) is 9.53 Å². The Bertz CT molecular complexity index is 842. The summed E-state index contributed by atoms with van der Waals surface area (Å²) >= 11 is 0. The standard InChI is InChI=1S/C21H25FN2O3/c1-4-27-21(26)16-6-5-11-23(13-16)20(25)19-12-14(2)24(15(19)3)18-9-7-17(22)8-10-18/h7-10,12,16H,4-6,11,13H2,1-3H3. The van der Waals surface area contributed by atoms with Crippen LogP contribution >= 0.6 is 0 Å². The summed E-state index contributed by atoms with van der Waals surface area (Å²) in [5, 5.41) is 0. The third-order valence-electron chi connectivity index (χ3n) is 5.07. The molecule has 1 saturated heterocycles. The molecule has 3 rings (SSSR count). The highest BCUT2D eigenvalue weighted by molar-refractivity contribution is 5.96. The topological polar surface area (TPSA) is 51.5 Å². The number of carbonyl (C=O) groups excluding carboxylic acids is 2. The second kappa shape index (κ2) is 7.94. The summed E-state index contributed by atoms with van der Waals surface area (Å²) in [5.74, 6) is -0.865. The predicted molar refractivity (Wildman–Crippen MR) is 100 cm³/mol. The van der Waals surface area contributed by atoms with Gasteiger partial charge in [0.2, 0.25) is 0 Å². The predicted octanol–water partition coefficient (Wildman–Crippen LogP) is 3.65. The van der Waals surface area contributed by atoms with E-state index in [1.165, 1.54) is 12.1 Å². The summed E-state index contributed by atoms with van der Waals surface area (Å²) in [6.07, 6.45) is 1.53. The fraction of sp³-hybridized carbons (Fsp3) is 0.429. The van der Waals surface area contributed by atoms with E-state index >= 15 is 0 Å². The number of amides is 1. The van der Waals surface area contributed by atoms with E-state index in [-0.39, 0.29) is 23.6 Å². The van der Waals surface area contributed by atoms with Gasteiger partial charge in [0.05, 0.1) is 18.1 Å². The van der Waals surface area contributed by atoms with E-state index in [4.69, 9.17) is 4.74 Å². The van der Waals surface area contributed by atoms with E-state index in [0.717, 1.165) is 29.9 Å². The number of esters is 1. The van der Waals surface area contributed by atoms with Crippen LogP contribution < -0.4 is 0 Å². The van der Waals surface area contributed by atoms with Gasteiger partial charge in [0.15, 0.2) is 0 Å². The van der Waals surface area contributed by atoms with Crippen LogP contribution in [0.4, 0.5) is 4.39 Å². The molecule has 1 atom stereocenters. The van der Waals surface area contributed by atoms with E-state index in [1.807, 2.05) is 24.5 Å². The van der Waals surface area contributed by atoms with Gasteiger partial charge >= 0.3 is 5.97 Å². The van der Waals surface area contributed by atoms with Crippen LogP contribution in [0.5, 0.6) is 0 Å². The van der Waals surface area contributed by atoms with Crippen molar-refractivity contribution in [2.45, 2.75) is 33.6 Å². The zero-order valence-electron chi connectivity index (χ0n) is 16.0. The average molecular weight is 372 g/mol. The third-order valence-corrected chi connectivity index (χ3v) is 5.07. The molecular formula is C21H25FN2O3. The molecule has 0 N–H and O–H groups in total. The third kappa shape index (κ3) is 3.89. The summed E-state index contributed by atoms with van der Waals surface area (Å²) in [5.41, 5.74) is 3.14. The first kappa shape index (κ1) is 19.1. The zero-order valence-corrected chi connectivity index (χ0v) is 16.0. The zero-order chi connectivity index (χ0) is 19.6. The van der Waals surface area contributed by atoms with Crippen molar-refractivity contribution in [3.63, 3.8) is 0 Å². The summed E-state index contributed by atoms with van der Waals surface area (Å²) in [4.78, 5) is 26.9. The van der Waals surface area contributed by atoms with E-state index < -0.39 is 0 Å². The maximum atomic E-state index is 13.2. The Morgan fingerprint density at radius 1 is 1.22 bits per heavy atom. The second-order valence-electron chi connectivity index (χ2n) is 6.94. The molecule has 5 nitrogen and oxygen atoms in total. The van der Waals surface area contributed by atoms with E-state index in [0.29, 0.717) is 25.3 Å². The van der Waals surface area contributed by atoms with Gasteiger partial charge in [-0.2, -0.15) is 0 Å². The van der Waals surface area contributed by atoms with Gasteiger partial charge in [0.25, 0.3) is 5.91 Å². The molecule has 1 aromatic carbocycles. The first-order chi connectivity index (χ1) is 12.9. The SMILES string of the molecule is CCOC(=O)C1CCCN(C(=O)c2cc(C)n(-c3ccc(F)cc3)c2C)C1. The summed E-state index contributed by atoms with van der Waals surface area (Å²) in [7, 11) is 0. The van der Waals surface area contributed by atoms with Gasteiger partial charge < -0.3 is 14.2 Å². The molecule has 0 radical (unpaired) electrons. The Balaban J connectivity index is 1.84. The number of aromatic nitrogens is 1. The number of nitrogens with zero attached hydrogens (tertiary/aromatic N) is 2. The van der Waals surface area contributed by atoms with Crippen LogP contribution in [0, 0.1) is 25.6 Å². The fourth-order valence-electron chi connectivity index (χ4n) is 3.75. The van der Waals surface area contributed by atoms with Crippen molar-refractivity contribution in [2.75, 3.05) is 19.7 Å². The van der Waals surface area contributed by atoms with Gasteiger partial charge in [0.1, 0.15) is 5.82 Å². The molecule has 1 aliphatic heterocycles. The number of likely N-dealkylation sites (tertiary alicyclic amines) is 1. The molecule has 0 bridgehead atoms. The lowest BCUT2D eigenvalue weighted by Crippen LogP contribution is -2.43. The molecular weight excluding hydrogens is 347 g/mol. The van der Waals surface area contributed by atoms with Gasteiger partial charge in [-0.1, -0.05) is 0 Å². The van der Waals surface area contributed by atoms with Crippen LogP contribution in [0.2, 0.25) is 0 Å². The lowest BCUT2D eigenvalue weighted by Gasteiger charge is -2.31. The summed E-state index contributed by atoms with van der Waals surface area (Å²) < 4.78 is 20.3. The normalized spacial score (nSPS) is 17.0. The fourth-order valence-corrected chi connectivity index (χ4v) is 3.75. The Morgan fingerprint density at radius 2 is 1.93 bits per heavy atom. The minimum atomic E-state index is -0.296. The van der Waals surface area contributed by atoms with Crippen molar-refractivity contribution >= 4 is 11.9 Å². The quantitative estimate of drug-likeness (QED) is 0.770. The van der Waals surface area contributed by atoms with Crippen LogP contribution in [-0.4, -0.2) is 41.0 Å². The Kier molecular flexibility index (Phi) is 5.63. The minimum absolute atomic E-state index is 0.0783. The minimum Gasteiger partial charge on any atom is -0.466 e. The molecule has 1 fully saturated rings. The van der Waals surface area contributed by atoms with Crippen LogP contribution in [0.15, 0.2) is 30.3 Å². The van der Waals surface area contributed by atoms with Gasteiger partial charge in [-0.15, -0.1) is 0 Å². The maximum Gasteiger partial charge on any atom is 0.310 e. The van der Waals surface area contributed by atoms with E-state index in [2.05, 4.69) is 0 Å². The van der Waals surface area contributed by atoms with Crippen LogP contribution in [0.3, 0.4) is 0 Å². The van der Waals surface area contributed by atoms with E-state index in [9.17, 15) is 14.0 Å². The highest BCUT2D eigenvalue weighted by Gasteiger charge is 2.31. The first-order valence-corrected chi connectivity index (χ1v) is 9.33. The second-order valence-corrected chi connectivity index (χ2v) is 6.94. The number of benzene rings is 1. The number of carbonyl (C=O) groups is 2.